The lowest BCUT2D eigenvalue weighted by molar-refractivity contribution is 0.473. The summed E-state index contributed by atoms with van der Waals surface area (Å²) in [5.41, 5.74) is 2.66. The van der Waals surface area contributed by atoms with Gasteiger partial charge in [0.2, 0.25) is 0 Å². The Bertz CT molecular complexity index is 571. The van der Waals surface area contributed by atoms with Crippen LogP contribution in [0.15, 0.2) is 24.4 Å². The van der Waals surface area contributed by atoms with Crippen LogP contribution in [0, 0.1) is 6.92 Å². The van der Waals surface area contributed by atoms with Gasteiger partial charge in [-0.05, 0) is 19.1 Å². The molecule has 0 aliphatic heterocycles. The molecule has 90 valence electrons. The van der Waals surface area contributed by atoms with E-state index in [1.54, 1.807) is 6.07 Å². The smallest absolute Gasteiger partial charge is 0.162 e. The molecule has 2 rings (SSSR count). The Kier molecular flexibility index (Phi) is 3.07. The summed E-state index contributed by atoms with van der Waals surface area (Å²) in [5.74, 6) is 0.915. The highest BCUT2D eigenvalue weighted by atomic mass is 35.5. The second-order valence-corrected chi connectivity index (χ2v) is 4.57. The number of imidazole rings is 1. The van der Waals surface area contributed by atoms with Crippen LogP contribution in [-0.4, -0.2) is 33.5 Å². The predicted molar refractivity (Wildman–Crippen MR) is 70.1 cm³/mol. The molecule has 0 fully saturated rings. The van der Waals surface area contributed by atoms with Crippen LogP contribution in [-0.2, 0) is 6.54 Å². The first-order valence-corrected chi connectivity index (χ1v) is 5.71. The zero-order chi connectivity index (χ0) is 12.6. The molecule has 0 radical (unpaired) electrons. The summed E-state index contributed by atoms with van der Waals surface area (Å²) in [6, 6.07) is 3.63. The van der Waals surface area contributed by atoms with Crippen molar-refractivity contribution in [2.75, 3.05) is 14.1 Å². The standard InChI is InChI=1S/C12H15ClN4/c1-8(16(3)4)7-17-9(2)14-10-5-6-11(13)15-12(10)17/h5-6H,1,7H2,2-4H3. The van der Waals surface area contributed by atoms with Crippen molar-refractivity contribution in [1.82, 2.24) is 19.4 Å². The molecule has 0 unspecified atom stereocenters. The molecule has 0 saturated heterocycles. The lowest BCUT2D eigenvalue weighted by Crippen LogP contribution is -2.16. The number of nitrogens with zero attached hydrogens (tertiary/aromatic N) is 4. The van der Waals surface area contributed by atoms with Gasteiger partial charge in [-0.2, -0.15) is 0 Å². The quantitative estimate of drug-likeness (QED) is 0.785. The molecule has 0 aromatic carbocycles. The van der Waals surface area contributed by atoms with Crippen LogP contribution in [0.25, 0.3) is 11.2 Å². The van der Waals surface area contributed by atoms with Crippen LogP contribution in [0.2, 0.25) is 5.15 Å². The first-order valence-electron chi connectivity index (χ1n) is 5.33. The van der Waals surface area contributed by atoms with E-state index in [9.17, 15) is 0 Å². The third-order valence-corrected chi connectivity index (χ3v) is 2.93. The van der Waals surface area contributed by atoms with Gasteiger partial charge < -0.3 is 9.47 Å². The summed E-state index contributed by atoms with van der Waals surface area (Å²) >= 11 is 5.91. The molecule has 5 heteroatoms. The van der Waals surface area contributed by atoms with Crippen molar-refractivity contribution >= 4 is 22.8 Å². The molecule has 0 N–H and O–H groups in total. The first-order chi connectivity index (χ1) is 7.99. The average molecular weight is 251 g/mol. The SMILES string of the molecule is C=C(Cn1c(C)nc2ccc(Cl)nc21)N(C)C. The van der Waals surface area contributed by atoms with Gasteiger partial charge in [-0.15, -0.1) is 0 Å². The van der Waals surface area contributed by atoms with E-state index >= 15 is 0 Å². The maximum Gasteiger partial charge on any atom is 0.162 e. The van der Waals surface area contributed by atoms with E-state index in [2.05, 4.69) is 16.5 Å². The van der Waals surface area contributed by atoms with Crippen molar-refractivity contribution in [3.8, 4) is 0 Å². The van der Waals surface area contributed by atoms with Crippen molar-refractivity contribution in [3.63, 3.8) is 0 Å². The van der Waals surface area contributed by atoms with Crippen LogP contribution in [0.1, 0.15) is 5.82 Å². The number of aryl methyl sites for hydroxylation is 1. The van der Waals surface area contributed by atoms with E-state index in [1.165, 1.54) is 0 Å². The number of rotatable bonds is 3. The molecular formula is C12H15ClN4. The van der Waals surface area contributed by atoms with Crippen LogP contribution in [0.5, 0.6) is 0 Å². The molecule has 0 atom stereocenters. The minimum atomic E-state index is 0.481. The van der Waals surface area contributed by atoms with Gasteiger partial charge in [-0.1, -0.05) is 18.2 Å². The summed E-state index contributed by atoms with van der Waals surface area (Å²) < 4.78 is 2.02. The Hall–Kier alpha value is -1.55. The Morgan fingerprint density at radius 3 is 2.76 bits per heavy atom. The molecule has 0 aliphatic rings. The van der Waals surface area contributed by atoms with Crippen LogP contribution in [0.4, 0.5) is 0 Å². The Morgan fingerprint density at radius 1 is 1.41 bits per heavy atom. The molecule has 0 saturated carbocycles. The molecular weight excluding hydrogens is 236 g/mol. The van der Waals surface area contributed by atoms with E-state index in [0.717, 1.165) is 22.7 Å². The molecule has 2 aromatic heterocycles. The fourth-order valence-electron chi connectivity index (χ4n) is 1.61. The Labute approximate surface area is 106 Å². The van der Waals surface area contributed by atoms with Gasteiger partial charge in [-0.3, -0.25) is 0 Å². The van der Waals surface area contributed by atoms with Crippen molar-refractivity contribution < 1.29 is 0 Å². The van der Waals surface area contributed by atoms with Gasteiger partial charge in [0.15, 0.2) is 5.65 Å². The molecule has 2 heterocycles. The third kappa shape index (κ3) is 2.26. The van der Waals surface area contributed by atoms with Crippen LogP contribution >= 0.6 is 11.6 Å². The highest BCUT2D eigenvalue weighted by Crippen LogP contribution is 2.18. The van der Waals surface area contributed by atoms with E-state index in [0.29, 0.717) is 11.7 Å². The zero-order valence-electron chi connectivity index (χ0n) is 10.2. The molecule has 4 nitrogen and oxygen atoms in total. The second-order valence-electron chi connectivity index (χ2n) is 4.18. The highest BCUT2D eigenvalue weighted by molar-refractivity contribution is 6.29. The van der Waals surface area contributed by atoms with Crippen molar-refractivity contribution in [2.24, 2.45) is 0 Å². The zero-order valence-corrected chi connectivity index (χ0v) is 11.0. The van der Waals surface area contributed by atoms with Gasteiger partial charge in [-0.25, -0.2) is 9.97 Å². The minimum Gasteiger partial charge on any atom is -0.380 e. The van der Waals surface area contributed by atoms with Gasteiger partial charge >= 0.3 is 0 Å². The number of allylic oxidation sites excluding steroid dienone is 1. The van der Waals surface area contributed by atoms with Crippen molar-refractivity contribution in [2.45, 2.75) is 13.5 Å². The molecule has 2 aromatic rings. The van der Waals surface area contributed by atoms with E-state index in [-0.39, 0.29) is 0 Å². The Balaban J connectivity index is 2.48. The summed E-state index contributed by atoms with van der Waals surface area (Å²) in [4.78, 5) is 10.7. The highest BCUT2D eigenvalue weighted by Gasteiger charge is 2.10. The lowest BCUT2D eigenvalue weighted by Gasteiger charge is -2.17. The lowest BCUT2D eigenvalue weighted by atomic mass is 10.4. The molecule has 0 aliphatic carbocycles. The van der Waals surface area contributed by atoms with Crippen LogP contribution < -0.4 is 0 Å². The third-order valence-electron chi connectivity index (χ3n) is 2.72. The molecule has 0 bridgehead atoms. The van der Waals surface area contributed by atoms with Gasteiger partial charge in [0, 0.05) is 19.8 Å². The summed E-state index contributed by atoms with van der Waals surface area (Å²) in [7, 11) is 3.94. The topological polar surface area (TPSA) is 34.0 Å². The fraction of sp³-hybridized carbons (Fsp3) is 0.333. The minimum absolute atomic E-state index is 0.481. The normalized spacial score (nSPS) is 10.8. The van der Waals surface area contributed by atoms with E-state index in [4.69, 9.17) is 11.6 Å². The number of pyridine rings is 1. The van der Waals surface area contributed by atoms with E-state index in [1.807, 2.05) is 36.6 Å². The van der Waals surface area contributed by atoms with Gasteiger partial charge in [0.25, 0.3) is 0 Å². The van der Waals surface area contributed by atoms with E-state index < -0.39 is 0 Å². The number of likely N-dealkylation sites (N-methyl/N-ethyl adjacent to an activating group) is 1. The summed E-state index contributed by atoms with van der Waals surface area (Å²) in [6.45, 7) is 6.64. The first kappa shape index (κ1) is 11.9. The second kappa shape index (κ2) is 4.37. The number of aromatic nitrogens is 3. The predicted octanol–water partition coefficient (Wildman–Crippen LogP) is 2.47. The van der Waals surface area contributed by atoms with Crippen molar-refractivity contribution in [3.05, 3.63) is 35.4 Å². The summed E-state index contributed by atoms with van der Waals surface area (Å²) in [5, 5.41) is 0.481. The number of fused-ring (bicyclic) bond motifs is 1. The monoisotopic (exact) mass is 250 g/mol. The molecule has 0 amide bonds. The van der Waals surface area contributed by atoms with Gasteiger partial charge in [0.05, 0.1) is 6.54 Å². The average Bonchev–Trinajstić information content (AvgIpc) is 2.55. The molecule has 0 spiro atoms. The summed E-state index contributed by atoms with van der Waals surface area (Å²) in [6.07, 6.45) is 0. The van der Waals surface area contributed by atoms with Gasteiger partial charge in [0.1, 0.15) is 16.5 Å². The maximum atomic E-state index is 5.91. The largest absolute Gasteiger partial charge is 0.380 e. The molecule has 17 heavy (non-hydrogen) atoms. The number of halogens is 1. The van der Waals surface area contributed by atoms with Crippen molar-refractivity contribution in [1.29, 1.82) is 0 Å². The number of hydrogen-bond acceptors (Lipinski definition) is 3. The number of hydrogen-bond donors (Lipinski definition) is 0. The van der Waals surface area contributed by atoms with Crippen LogP contribution in [0.3, 0.4) is 0 Å². The Morgan fingerprint density at radius 2 is 2.12 bits per heavy atom. The maximum absolute atomic E-state index is 5.91. The fourth-order valence-corrected chi connectivity index (χ4v) is 1.75.